The van der Waals surface area contributed by atoms with Crippen LogP contribution >= 0.6 is 11.8 Å². The van der Waals surface area contributed by atoms with E-state index in [9.17, 15) is 4.79 Å². The Morgan fingerprint density at radius 2 is 1.91 bits per heavy atom. The minimum absolute atomic E-state index is 0.133. The zero-order valence-corrected chi connectivity index (χ0v) is 14.0. The third kappa shape index (κ3) is 4.88. The first-order chi connectivity index (χ1) is 11.3. The summed E-state index contributed by atoms with van der Waals surface area (Å²) in [6.45, 7) is 3.68. The number of nitrogens with zero attached hydrogens (tertiary/aromatic N) is 1. The van der Waals surface area contributed by atoms with E-state index in [1.54, 1.807) is 17.8 Å². The van der Waals surface area contributed by atoms with Crippen molar-refractivity contribution >= 4 is 17.7 Å². The van der Waals surface area contributed by atoms with Crippen LogP contribution in [-0.2, 0) is 6.54 Å². The summed E-state index contributed by atoms with van der Waals surface area (Å²) in [6.07, 6.45) is 2.51. The molecular formula is C18H22N2O2S. The molecule has 23 heavy (non-hydrogen) atoms. The number of carbonyl (C=O) groups is 1. The smallest absolute Gasteiger partial charge is 0.287 e. The van der Waals surface area contributed by atoms with Crippen LogP contribution in [0.25, 0.3) is 0 Å². The van der Waals surface area contributed by atoms with Gasteiger partial charge in [0.1, 0.15) is 5.76 Å². The van der Waals surface area contributed by atoms with Gasteiger partial charge in [0.2, 0.25) is 0 Å². The minimum atomic E-state index is -0.133. The average molecular weight is 330 g/mol. The van der Waals surface area contributed by atoms with Crippen molar-refractivity contribution in [3.8, 4) is 0 Å². The number of amides is 1. The second-order valence-electron chi connectivity index (χ2n) is 5.67. The average Bonchev–Trinajstić information content (AvgIpc) is 3.25. The number of rotatable bonds is 7. The summed E-state index contributed by atoms with van der Waals surface area (Å²) < 4.78 is 5.66. The molecule has 3 rings (SSSR count). The maximum absolute atomic E-state index is 12.1. The van der Waals surface area contributed by atoms with Crippen molar-refractivity contribution in [2.75, 3.05) is 25.4 Å². The number of carbonyl (C=O) groups excluding carboxylic acids is 1. The van der Waals surface area contributed by atoms with Gasteiger partial charge in [-0.3, -0.25) is 9.69 Å². The number of likely N-dealkylation sites (tertiary alicyclic amines) is 1. The second-order valence-corrected chi connectivity index (χ2v) is 6.83. The Morgan fingerprint density at radius 3 is 2.70 bits per heavy atom. The number of furan rings is 1. The van der Waals surface area contributed by atoms with E-state index in [0.29, 0.717) is 12.3 Å². The Hall–Kier alpha value is -1.72. The summed E-state index contributed by atoms with van der Waals surface area (Å²) in [4.78, 5) is 15.7. The summed E-state index contributed by atoms with van der Waals surface area (Å²) in [7, 11) is 0. The number of hydrogen-bond donors (Lipinski definition) is 1. The van der Waals surface area contributed by atoms with Crippen LogP contribution in [0.15, 0.2) is 51.8 Å². The summed E-state index contributed by atoms with van der Waals surface area (Å²) in [5.41, 5.74) is 0. The second kappa shape index (κ2) is 8.22. The molecule has 0 spiro atoms. The van der Waals surface area contributed by atoms with Gasteiger partial charge in [0.15, 0.2) is 5.76 Å². The molecule has 0 radical (unpaired) electrons. The molecule has 4 nitrogen and oxygen atoms in total. The fraction of sp³-hybridized carbons (Fsp3) is 0.389. The van der Waals surface area contributed by atoms with Crippen molar-refractivity contribution in [1.82, 2.24) is 10.2 Å². The van der Waals surface area contributed by atoms with Gasteiger partial charge in [-0.15, -0.1) is 11.8 Å². The normalized spacial score (nSPS) is 15.0. The zero-order chi connectivity index (χ0) is 15.9. The van der Waals surface area contributed by atoms with Crippen LogP contribution in [-0.4, -0.2) is 36.2 Å². The number of hydrogen-bond acceptors (Lipinski definition) is 4. The van der Waals surface area contributed by atoms with Crippen LogP contribution in [0.3, 0.4) is 0 Å². The van der Waals surface area contributed by atoms with Crippen molar-refractivity contribution in [2.45, 2.75) is 24.3 Å². The third-order valence-corrected chi connectivity index (χ3v) is 4.88. The summed E-state index contributed by atoms with van der Waals surface area (Å²) >= 11 is 1.73. The van der Waals surface area contributed by atoms with Gasteiger partial charge in [0.25, 0.3) is 5.91 Å². The van der Waals surface area contributed by atoms with E-state index in [0.717, 1.165) is 31.1 Å². The Kier molecular flexibility index (Phi) is 5.77. The van der Waals surface area contributed by atoms with E-state index in [1.165, 1.54) is 17.7 Å². The zero-order valence-electron chi connectivity index (χ0n) is 13.2. The summed E-state index contributed by atoms with van der Waals surface area (Å²) in [5.74, 6) is 1.99. The van der Waals surface area contributed by atoms with Crippen molar-refractivity contribution in [2.24, 2.45) is 0 Å². The largest absolute Gasteiger partial charge is 0.455 e. The fourth-order valence-electron chi connectivity index (χ4n) is 2.68. The van der Waals surface area contributed by atoms with Crippen molar-refractivity contribution < 1.29 is 9.21 Å². The Morgan fingerprint density at radius 1 is 1.13 bits per heavy atom. The van der Waals surface area contributed by atoms with Crippen molar-refractivity contribution in [3.05, 3.63) is 54.0 Å². The molecule has 2 aromatic rings. The number of nitrogens with one attached hydrogen (secondary N) is 1. The van der Waals surface area contributed by atoms with Gasteiger partial charge in [0.05, 0.1) is 6.54 Å². The highest BCUT2D eigenvalue weighted by molar-refractivity contribution is 7.99. The topological polar surface area (TPSA) is 45.5 Å². The minimum Gasteiger partial charge on any atom is -0.455 e. The van der Waals surface area contributed by atoms with Crippen LogP contribution in [0.5, 0.6) is 0 Å². The number of benzene rings is 1. The first kappa shape index (κ1) is 16.1. The molecule has 1 aliphatic rings. The van der Waals surface area contributed by atoms with Gasteiger partial charge >= 0.3 is 0 Å². The first-order valence-electron chi connectivity index (χ1n) is 8.08. The summed E-state index contributed by atoms with van der Waals surface area (Å²) in [6, 6.07) is 13.9. The van der Waals surface area contributed by atoms with Gasteiger partial charge in [-0.2, -0.15) is 0 Å². The lowest BCUT2D eigenvalue weighted by atomic mass is 10.4. The lowest BCUT2D eigenvalue weighted by molar-refractivity contribution is 0.0925. The van der Waals surface area contributed by atoms with Crippen LogP contribution in [0.2, 0.25) is 0 Å². The maximum Gasteiger partial charge on any atom is 0.287 e. The van der Waals surface area contributed by atoms with Gasteiger partial charge in [0, 0.05) is 17.2 Å². The van der Waals surface area contributed by atoms with Gasteiger partial charge in [-0.05, 0) is 50.2 Å². The Balaban J connectivity index is 1.40. The maximum atomic E-state index is 12.1. The predicted molar refractivity (Wildman–Crippen MR) is 92.7 cm³/mol. The molecule has 0 atom stereocenters. The molecule has 0 unspecified atom stereocenters. The highest BCUT2D eigenvalue weighted by atomic mass is 32.2. The molecular weight excluding hydrogens is 308 g/mol. The SMILES string of the molecule is O=C(NCCSc1ccccc1)c1ccc(CN2CCCC2)o1. The summed E-state index contributed by atoms with van der Waals surface area (Å²) in [5, 5.41) is 2.91. The van der Waals surface area contributed by atoms with Crippen molar-refractivity contribution in [3.63, 3.8) is 0 Å². The van der Waals surface area contributed by atoms with Gasteiger partial charge in [-0.1, -0.05) is 18.2 Å². The van der Waals surface area contributed by atoms with Gasteiger partial charge in [-0.25, -0.2) is 0 Å². The molecule has 1 aliphatic heterocycles. The van der Waals surface area contributed by atoms with Crippen molar-refractivity contribution in [1.29, 1.82) is 0 Å². The molecule has 1 fully saturated rings. The van der Waals surface area contributed by atoms with E-state index < -0.39 is 0 Å². The molecule has 2 heterocycles. The first-order valence-corrected chi connectivity index (χ1v) is 9.07. The van der Waals surface area contributed by atoms with Crippen LogP contribution < -0.4 is 5.32 Å². The number of thioether (sulfide) groups is 1. The van der Waals surface area contributed by atoms with Gasteiger partial charge < -0.3 is 9.73 Å². The van der Waals surface area contributed by atoms with E-state index in [4.69, 9.17) is 4.42 Å². The molecule has 0 aliphatic carbocycles. The lowest BCUT2D eigenvalue weighted by Crippen LogP contribution is -2.25. The monoisotopic (exact) mass is 330 g/mol. The molecule has 1 aromatic carbocycles. The molecule has 5 heteroatoms. The molecule has 1 saturated heterocycles. The predicted octanol–water partition coefficient (Wildman–Crippen LogP) is 3.40. The fourth-order valence-corrected chi connectivity index (χ4v) is 3.47. The molecule has 1 N–H and O–H groups in total. The van der Waals surface area contributed by atoms with Crippen LogP contribution in [0.1, 0.15) is 29.2 Å². The highest BCUT2D eigenvalue weighted by Gasteiger charge is 2.15. The molecule has 122 valence electrons. The molecule has 0 saturated carbocycles. The third-order valence-electron chi connectivity index (χ3n) is 3.86. The van der Waals surface area contributed by atoms with E-state index in [1.807, 2.05) is 24.3 Å². The lowest BCUT2D eigenvalue weighted by Gasteiger charge is -2.11. The van der Waals surface area contributed by atoms with E-state index in [-0.39, 0.29) is 5.91 Å². The molecule has 1 aromatic heterocycles. The Bertz CT molecular complexity index is 621. The molecule has 1 amide bonds. The highest BCUT2D eigenvalue weighted by Crippen LogP contribution is 2.17. The quantitative estimate of drug-likeness (QED) is 0.624. The Labute approximate surface area is 141 Å². The standard InChI is InChI=1S/C18H22N2O2S/c21-18(19-10-13-23-16-6-2-1-3-7-16)17-9-8-15(22-17)14-20-11-4-5-12-20/h1-3,6-9H,4-5,10-14H2,(H,19,21). The van der Waals surface area contributed by atoms with Crippen LogP contribution in [0.4, 0.5) is 0 Å². The molecule has 0 bridgehead atoms. The van der Waals surface area contributed by atoms with E-state index >= 15 is 0 Å². The van der Waals surface area contributed by atoms with Crippen LogP contribution in [0, 0.1) is 0 Å². The van der Waals surface area contributed by atoms with E-state index in [2.05, 4.69) is 22.3 Å².